The highest BCUT2D eigenvalue weighted by molar-refractivity contribution is 5.87. The van der Waals surface area contributed by atoms with Crippen LogP contribution in [0.2, 0.25) is 0 Å². The van der Waals surface area contributed by atoms with Crippen LogP contribution >= 0.6 is 0 Å². The predicted octanol–water partition coefficient (Wildman–Crippen LogP) is 4.46. The Balaban J connectivity index is 1.45. The van der Waals surface area contributed by atoms with Crippen LogP contribution in [0.4, 0.5) is 11.8 Å². The summed E-state index contributed by atoms with van der Waals surface area (Å²) in [6.45, 7) is 9.08. The molecule has 2 saturated carbocycles. The molecule has 3 N–H and O–H groups in total. The summed E-state index contributed by atoms with van der Waals surface area (Å²) in [5, 5.41) is 14.9. The van der Waals surface area contributed by atoms with Crippen LogP contribution in [0.25, 0.3) is 22.8 Å². The van der Waals surface area contributed by atoms with Gasteiger partial charge in [-0.15, -0.1) is 0 Å². The molecule has 2 atom stereocenters. The number of imidazole rings is 1. The number of fused-ring (bicyclic) bond motifs is 1. The van der Waals surface area contributed by atoms with Gasteiger partial charge in [-0.3, -0.25) is 9.51 Å². The number of aromatic amines is 1. The first-order chi connectivity index (χ1) is 18.8. The molecule has 39 heavy (non-hydrogen) atoms. The van der Waals surface area contributed by atoms with E-state index >= 15 is 0 Å². The topological polar surface area (TPSA) is 165 Å². The molecule has 0 amide bonds. The van der Waals surface area contributed by atoms with E-state index < -0.39 is 5.76 Å². The molecule has 0 aliphatic heterocycles. The van der Waals surface area contributed by atoms with Gasteiger partial charge in [-0.05, 0) is 64.2 Å². The number of anilines is 2. The SMILES string of the molecule is Cc1noc(C(C)Nc2nc3nc(-c4noc(=O)[nH]4)nc(N[C@H](C)C4CCC4)c3n2C[C@H]2CC[C@H](C)CC2)n1. The predicted molar refractivity (Wildman–Crippen MR) is 144 cm³/mol. The molecule has 0 spiro atoms. The summed E-state index contributed by atoms with van der Waals surface area (Å²) in [5.74, 6) is 4.02. The summed E-state index contributed by atoms with van der Waals surface area (Å²) >= 11 is 0. The lowest BCUT2D eigenvalue weighted by molar-refractivity contribution is 0.267. The van der Waals surface area contributed by atoms with Gasteiger partial charge in [0.05, 0.1) is 0 Å². The largest absolute Gasteiger partial charge is 0.439 e. The number of hydrogen-bond acceptors (Lipinski definition) is 11. The average Bonchev–Trinajstić information content (AvgIpc) is 3.58. The van der Waals surface area contributed by atoms with E-state index in [2.05, 4.69) is 49.3 Å². The fraction of sp³-hybridized carbons (Fsp3) is 0.654. The van der Waals surface area contributed by atoms with Crippen LogP contribution in [0.15, 0.2) is 13.8 Å². The Morgan fingerprint density at radius 1 is 1.00 bits per heavy atom. The van der Waals surface area contributed by atoms with Crippen molar-refractivity contribution < 1.29 is 9.05 Å². The Morgan fingerprint density at radius 3 is 2.44 bits per heavy atom. The molecular weight excluding hydrogens is 500 g/mol. The molecule has 13 heteroatoms. The fourth-order valence-corrected chi connectivity index (χ4v) is 5.64. The van der Waals surface area contributed by atoms with Gasteiger partial charge in [-0.25, -0.2) is 14.8 Å². The smallest absolute Gasteiger partial charge is 0.365 e. The first kappa shape index (κ1) is 25.5. The van der Waals surface area contributed by atoms with E-state index in [1.165, 1.54) is 44.9 Å². The van der Waals surface area contributed by atoms with Gasteiger partial charge >= 0.3 is 5.76 Å². The first-order valence-corrected chi connectivity index (χ1v) is 14.0. The summed E-state index contributed by atoms with van der Waals surface area (Å²) in [6, 6.07) is -0.0468. The van der Waals surface area contributed by atoms with Crippen molar-refractivity contribution in [1.29, 1.82) is 0 Å². The monoisotopic (exact) mass is 536 g/mol. The van der Waals surface area contributed by atoms with Crippen LogP contribution in [0.1, 0.15) is 83.5 Å². The van der Waals surface area contributed by atoms with Gasteiger partial charge in [-0.1, -0.05) is 36.5 Å². The lowest BCUT2D eigenvalue weighted by atomic mass is 9.80. The lowest BCUT2D eigenvalue weighted by Gasteiger charge is -2.32. The lowest BCUT2D eigenvalue weighted by Crippen LogP contribution is -2.31. The number of nitrogens with one attached hydrogen (secondary N) is 3. The van der Waals surface area contributed by atoms with Crippen LogP contribution in [-0.4, -0.2) is 45.8 Å². The van der Waals surface area contributed by atoms with Gasteiger partial charge in [0.25, 0.3) is 0 Å². The number of H-pyrrole nitrogens is 1. The molecule has 0 aromatic carbocycles. The zero-order valence-corrected chi connectivity index (χ0v) is 22.9. The Kier molecular flexibility index (Phi) is 6.81. The quantitative estimate of drug-likeness (QED) is 0.276. The molecule has 2 aliphatic rings. The van der Waals surface area contributed by atoms with E-state index in [1.807, 2.05) is 6.92 Å². The highest BCUT2D eigenvalue weighted by atomic mass is 16.5. The highest BCUT2D eigenvalue weighted by Gasteiger charge is 2.29. The van der Waals surface area contributed by atoms with E-state index in [-0.39, 0.29) is 23.7 Å². The number of nitrogens with zero attached hydrogens (tertiary/aromatic N) is 7. The Labute approximate surface area is 225 Å². The van der Waals surface area contributed by atoms with Crippen molar-refractivity contribution in [3.8, 4) is 11.6 Å². The second kappa shape index (κ2) is 10.4. The van der Waals surface area contributed by atoms with Gasteiger partial charge in [0.2, 0.25) is 23.5 Å². The fourth-order valence-electron chi connectivity index (χ4n) is 5.64. The third-order valence-electron chi connectivity index (χ3n) is 8.31. The minimum Gasteiger partial charge on any atom is -0.365 e. The molecule has 2 fully saturated rings. The molecule has 4 aromatic rings. The van der Waals surface area contributed by atoms with Crippen LogP contribution in [0, 0.1) is 24.7 Å². The normalized spacial score (nSPS) is 21.5. The molecule has 4 heterocycles. The second-order valence-corrected chi connectivity index (χ2v) is 11.4. The Hall–Kier alpha value is -3.77. The van der Waals surface area contributed by atoms with Crippen LogP contribution in [0.3, 0.4) is 0 Å². The third kappa shape index (κ3) is 5.26. The molecule has 2 aliphatic carbocycles. The number of hydrogen-bond donors (Lipinski definition) is 3. The molecule has 6 rings (SSSR count). The van der Waals surface area contributed by atoms with Gasteiger partial charge in [0.1, 0.15) is 11.6 Å². The van der Waals surface area contributed by atoms with Crippen molar-refractivity contribution in [3.63, 3.8) is 0 Å². The van der Waals surface area contributed by atoms with Crippen molar-refractivity contribution >= 4 is 22.9 Å². The first-order valence-electron chi connectivity index (χ1n) is 14.0. The second-order valence-electron chi connectivity index (χ2n) is 11.4. The summed E-state index contributed by atoms with van der Waals surface area (Å²) in [5.41, 5.74) is 1.33. The van der Waals surface area contributed by atoms with Gasteiger partial charge in [-0.2, -0.15) is 9.97 Å². The van der Waals surface area contributed by atoms with Crippen molar-refractivity contribution in [2.75, 3.05) is 10.6 Å². The zero-order chi connectivity index (χ0) is 27.1. The molecule has 0 saturated heterocycles. The van der Waals surface area contributed by atoms with E-state index in [4.69, 9.17) is 24.0 Å². The molecule has 208 valence electrons. The van der Waals surface area contributed by atoms with Crippen LogP contribution in [0.5, 0.6) is 0 Å². The number of rotatable bonds is 9. The number of aryl methyl sites for hydroxylation is 1. The zero-order valence-electron chi connectivity index (χ0n) is 22.9. The maximum Gasteiger partial charge on any atom is 0.439 e. The molecule has 0 bridgehead atoms. The minimum absolute atomic E-state index is 0.168. The number of aromatic nitrogens is 8. The molecule has 4 aromatic heterocycles. The van der Waals surface area contributed by atoms with Crippen molar-refractivity contribution in [2.45, 2.75) is 91.3 Å². The van der Waals surface area contributed by atoms with E-state index in [1.54, 1.807) is 6.92 Å². The van der Waals surface area contributed by atoms with Crippen LogP contribution in [-0.2, 0) is 6.54 Å². The van der Waals surface area contributed by atoms with E-state index in [9.17, 15) is 4.79 Å². The molecule has 13 nitrogen and oxygen atoms in total. The molecule has 0 radical (unpaired) electrons. The van der Waals surface area contributed by atoms with Gasteiger partial charge in [0, 0.05) is 12.6 Å². The molecular formula is C26H36N10O3. The van der Waals surface area contributed by atoms with Crippen molar-refractivity contribution in [3.05, 3.63) is 22.3 Å². The summed E-state index contributed by atoms with van der Waals surface area (Å²) in [4.78, 5) is 33.1. The minimum atomic E-state index is -0.658. The molecule has 1 unspecified atom stereocenters. The van der Waals surface area contributed by atoms with E-state index in [0.717, 1.165) is 18.0 Å². The standard InChI is InChI=1S/C26H36N10O3/c1-13-8-10-17(11-9-13)12-36-19-20(27-14(2)18-6-5-7-18)30-22(23-33-26(37)39-35-23)31-21(19)32-25(36)28-15(3)24-29-16(4)34-38-24/h13-15,17-18H,5-12H2,1-4H3,(H,33,35,37)(H2,27,28,30,31,32)/t13-,14-,15?,17-/m1/s1. The maximum absolute atomic E-state index is 11.7. The highest BCUT2D eigenvalue weighted by Crippen LogP contribution is 2.36. The van der Waals surface area contributed by atoms with E-state index in [0.29, 0.717) is 41.0 Å². The summed E-state index contributed by atoms with van der Waals surface area (Å²) in [7, 11) is 0. The third-order valence-corrected chi connectivity index (χ3v) is 8.31. The maximum atomic E-state index is 11.7. The Bertz CT molecular complexity index is 1490. The van der Waals surface area contributed by atoms with Crippen LogP contribution < -0.4 is 16.4 Å². The van der Waals surface area contributed by atoms with Crippen molar-refractivity contribution in [1.82, 2.24) is 39.8 Å². The van der Waals surface area contributed by atoms with Gasteiger partial charge in [0.15, 0.2) is 17.3 Å². The van der Waals surface area contributed by atoms with Crippen molar-refractivity contribution in [2.24, 2.45) is 17.8 Å². The summed E-state index contributed by atoms with van der Waals surface area (Å²) in [6.07, 6.45) is 8.42. The summed E-state index contributed by atoms with van der Waals surface area (Å²) < 4.78 is 12.4. The average molecular weight is 537 g/mol. The Morgan fingerprint density at radius 2 is 1.79 bits per heavy atom. The van der Waals surface area contributed by atoms with Gasteiger partial charge < -0.3 is 19.7 Å².